The molecule has 0 amide bonds. The third-order valence-electron chi connectivity index (χ3n) is 4.00. The summed E-state index contributed by atoms with van der Waals surface area (Å²) >= 11 is 0. The molecular formula is C16H26N2. The van der Waals surface area contributed by atoms with Crippen LogP contribution in [0.3, 0.4) is 0 Å². The number of nitrogens with one attached hydrogen (secondary N) is 2. The van der Waals surface area contributed by atoms with Crippen LogP contribution in [0.4, 0.5) is 0 Å². The SMILES string of the molecule is CC(C)c1ccc(CNC2CCNCC2C)cc1. The second kappa shape index (κ2) is 6.35. The van der Waals surface area contributed by atoms with E-state index in [0.29, 0.717) is 12.0 Å². The molecule has 1 heterocycles. The van der Waals surface area contributed by atoms with Crippen molar-refractivity contribution >= 4 is 0 Å². The highest BCUT2D eigenvalue weighted by Gasteiger charge is 2.19. The summed E-state index contributed by atoms with van der Waals surface area (Å²) in [6.07, 6.45) is 1.24. The third-order valence-corrected chi connectivity index (χ3v) is 4.00. The van der Waals surface area contributed by atoms with Crippen LogP contribution in [-0.4, -0.2) is 19.1 Å². The predicted octanol–water partition coefficient (Wildman–Crippen LogP) is 2.90. The normalized spacial score (nSPS) is 24.4. The molecule has 1 saturated heterocycles. The van der Waals surface area contributed by atoms with Gasteiger partial charge in [-0.25, -0.2) is 0 Å². The zero-order valence-electron chi connectivity index (χ0n) is 11.9. The molecule has 2 nitrogen and oxygen atoms in total. The maximum absolute atomic E-state index is 3.70. The largest absolute Gasteiger partial charge is 0.316 e. The van der Waals surface area contributed by atoms with E-state index >= 15 is 0 Å². The Balaban J connectivity index is 1.85. The van der Waals surface area contributed by atoms with E-state index in [1.165, 1.54) is 17.5 Å². The molecule has 2 unspecified atom stereocenters. The average molecular weight is 246 g/mol. The predicted molar refractivity (Wildman–Crippen MR) is 77.8 cm³/mol. The summed E-state index contributed by atoms with van der Waals surface area (Å²) in [7, 11) is 0. The molecule has 2 atom stereocenters. The first-order valence-corrected chi connectivity index (χ1v) is 7.19. The molecule has 0 saturated carbocycles. The Hall–Kier alpha value is -0.860. The van der Waals surface area contributed by atoms with Crippen LogP contribution in [0.1, 0.15) is 44.2 Å². The Morgan fingerprint density at radius 3 is 2.61 bits per heavy atom. The van der Waals surface area contributed by atoms with Crippen LogP contribution in [0, 0.1) is 5.92 Å². The van der Waals surface area contributed by atoms with Gasteiger partial charge in [-0.1, -0.05) is 45.0 Å². The van der Waals surface area contributed by atoms with E-state index in [4.69, 9.17) is 0 Å². The quantitative estimate of drug-likeness (QED) is 0.853. The Morgan fingerprint density at radius 1 is 1.28 bits per heavy atom. The summed E-state index contributed by atoms with van der Waals surface area (Å²) < 4.78 is 0. The molecule has 1 fully saturated rings. The topological polar surface area (TPSA) is 24.1 Å². The fraction of sp³-hybridized carbons (Fsp3) is 0.625. The first-order chi connectivity index (χ1) is 8.66. The van der Waals surface area contributed by atoms with Crippen LogP contribution < -0.4 is 10.6 Å². The lowest BCUT2D eigenvalue weighted by atomic mass is 9.95. The average Bonchev–Trinajstić information content (AvgIpc) is 2.38. The van der Waals surface area contributed by atoms with Crippen molar-refractivity contribution in [3.63, 3.8) is 0 Å². The zero-order valence-corrected chi connectivity index (χ0v) is 11.9. The van der Waals surface area contributed by atoms with E-state index in [2.05, 4.69) is 55.7 Å². The van der Waals surface area contributed by atoms with Gasteiger partial charge in [0.1, 0.15) is 0 Å². The number of hydrogen-bond acceptors (Lipinski definition) is 2. The van der Waals surface area contributed by atoms with E-state index in [1.54, 1.807) is 0 Å². The highest BCUT2D eigenvalue weighted by Crippen LogP contribution is 2.15. The Morgan fingerprint density at radius 2 is 2.00 bits per heavy atom. The standard InChI is InChI=1S/C16H26N2/c1-12(2)15-6-4-14(5-7-15)11-18-16-8-9-17-10-13(16)3/h4-7,12-13,16-18H,8-11H2,1-3H3. The van der Waals surface area contributed by atoms with Gasteiger partial charge in [0.25, 0.3) is 0 Å². The van der Waals surface area contributed by atoms with Crippen LogP contribution in [0.25, 0.3) is 0 Å². The maximum atomic E-state index is 3.70. The van der Waals surface area contributed by atoms with Gasteiger partial charge in [0, 0.05) is 12.6 Å². The molecule has 1 aromatic rings. The zero-order chi connectivity index (χ0) is 13.0. The summed E-state index contributed by atoms with van der Waals surface area (Å²) in [5, 5.41) is 7.14. The Labute approximate surface area is 111 Å². The van der Waals surface area contributed by atoms with Crippen molar-refractivity contribution in [2.45, 2.75) is 45.7 Å². The minimum atomic E-state index is 0.622. The molecule has 0 aromatic heterocycles. The van der Waals surface area contributed by atoms with Crippen molar-refractivity contribution in [1.29, 1.82) is 0 Å². The van der Waals surface area contributed by atoms with Crippen molar-refractivity contribution in [2.75, 3.05) is 13.1 Å². The van der Waals surface area contributed by atoms with Crippen molar-refractivity contribution in [1.82, 2.24) is 10.6 Å². The molecule has 18 heavy (non-hydrogen) atoms. The van der Waals surface area contributed by atoms with E-state index in [9.17, 15) is 0 Å². The Bertz CT molecular complexity index is 356. The number of hydrogen-bond donors (Lipinski definition) is 2. The van der Waals surface area contributed by atoms with Gasteiger partial charge in [-0.05, 0) is 42.5 Å². The number of rotatable bonds is 4. The van der Waals surface area contributed by atoms with Crippen LogP contribution in [0.15, 0.2) is 24.3 Å². The van der Waals surface area contributed by atoms with Gasteiger partial charge in [-0.15, -0.1) is 0 Å². The molecule has 0 aliphatic carbocycles. The highest BCUT2D eigenvalue weighted by atomic mass is 15.0. The summed E-state index contributed by atoms with van der Waals surface area (Å²) in [6.45, 7) is 10.1. The molecule has 1 aliphatic rings. The molecule has 1 aromatic carbocycles. The monoisotopic (exact) mass is 246 g/mol. The second-order valence-electron chi connectivity index (χ2n) is 5.85. The minimum absolute atomic E-state index is 0.622. The third kappa shape index (κ3) is 3.56. The van der Waals surface area contributed by atoms with Crippen molar-refractivity contribution in [2.24, 2.45) is 5.92 Å². The van der Waals surface area contributed by atoms with Gasteiger partial charge in [0.05, 0.1) is 0 Å². The lowest BCUT2D eigenvalue weighted by Crippen LogP contribution is -2.45. The summed E-state index contributed by atoms with van der Waals surface area (Å²) in [6, 6.07) is 9.69. The first kappa shape index (κ1) is 13.6. The van der Waals surface area contributed by atoms with E-state index in [0.717, 1.165) is 25.6 Å². The van der Waals surface area contributed by atoms with Gasteiger partial charge < -0.3 is 10.6 Å². The molecule has 0 bridgehead atoms. The van der Waals surface area contributed by atoms with Crippen molar-refractivity contribution in [3.8, 4) is 0 Å². The molecule has 2 N–H and O–H groups in total. The second-order valence-corrected chi connectivity index (χ2v) is 5.85. The molecular weight excluding hydrogens is 220 g/mol. The maximum Gasteiger partial charge on any atom is 0.0208 e. The van der Waals surface area contributed by atoms with E-state index in [1.807, 2.05) is 0 Å². The highest BCUT2D eigenvalue weighted by molar-refractivity contribution is 5.24. The van der Waals surface area contributed by atoms with Gasteiger partial charge >= 0.3 is 0 Å². The van der Waals surface area contributed by atoms with Crippen LogP contribution in [0.5, 0.6) is 0 Å². The van der Waals surface area contributed by atoms with Crippen LogP contribution in [-0.2, 0) is 6.54 Å². The number of benzene rings is 1. The molecule has 0 spiro atoms. The minimum Gasteiger partial charge on any atom is -0.316 e. The number of piperidine rings is 1. The van der Waals surface area contributed by atoms with Crippen LogP contribution in [0.2, 0.25) is 0 Å². The van der Waals surface area contributed by atoms with Crippen LogP contribution >= 0.6 is 0 Å². The van der Waals surface area contributed by atoms with E-state index in [-0.39, 0.29) is 0 Å². The fourth-order valence-electron chi connectivity index (χ4n) is 2.59. The molecule has 1 aliphatic heterocycles. The van der Waals surface area contributed by atoms with Gasteiger partial charge in [0.15, 0.2) is 0 Å². The summed E-state index contributed by atoms with van der Waals surface area (Å²) in [4.78, 5) is 0. The lowest BCUT2D eigenvalue weighted by Gasteiger charge is -2.30. The van der Waals surface area contributed by atoms with Crippen molar-refractivity contribution < 1.29 is 0 Å². The first-order valence-electron chi connectivity index (χ1n) is 7.19. The lowest BCUT2D eigenvalue weighted by molar-refractivity contribution is 0.295. The summed E-state index contributed by atoms with van der Waals surface area (Å²) in [5.41, 5.74) is 2.82. The summed E-state index contributed by atoms with van der Waals surface area (Å²) in [5.74, 6) is 1.35. The molecule has 2 rings (SSSR count). The van der Waals surface area contributed by atoms with Gasteiger partial charge in [-0.2, -0.15) is 0 Å². The molecule has 0 radical (unpaired) electrons. The van der Waals surface area contributed by atoms with Gasteiger partial charge in [0.2, 0.25) is 0 Å². The Kier molecular flexibility index (Phi) is 4.79. The van der Waals surface area contributed by atoms with E-state index < -0.39 is 0 Å². The smallest absolute Gasteiger partial charge is 0.0208 e. The molecule has 2 heteroatoms. The fourth-order valence-corrected chi connectivity index (χ4v) is 2.59. The molecule has 100 valence electrons. The van der Waals surface area contributed by atoms with Crippen molar-refractivity contribution in [3.05, 3.63) is 35.4 Å². The van der Waals surface area contributed by atoms with Gasteiger partial charge in [-0.3, -0.25) is 0 Å².